The fourth-order valence-electron chi connectivity index (χ4n) is 4.13. The molecule has 0 bridgehead atoms. The number of nitrogens with two attached hydrogens (primary N) is 1. The minimum absolute atomic E-state index is 0.0114. The fraction of sp³-hybridized carbons (Fsp3) is 0.750. The molecule has 0 spiro atoms. The minimum Gasteiger partial charge on any atom is -0.383 e. The van der Waals surface area contributed by atoms with Gasteiger partial charge in [0, 0.05) is 33.3 Å². The van der Waals surface area contributed by atoms with E-state index in [0.29, 0.717) is 18.4 Å². The van der Waals surface area contributed by atoms with Crippen molar-refractivity contribution in [3.8, 4) is 0 Å². The number of aromatic nitrogens is 2. The van der Waals surface area contributed by atoms with Crippen LogP contribution in [0.15, 0.2) is 9.59 Å². The molecule has 2 rings (SSSR count). The summed E-state index contributed by atoms with van der Waals surface area (Å²) < 4.78 is 6.46. The van der Waals surface area contributed by atoms with E-state index in [-0.39, 0.29) is 43.0 Å². The molecule has 1 saturated heterocycles. The molecule has 2 heterocycles. The number of hydrogen-bond acceptors (Lipinski definition) is 6. The summed E-state index contributed by atoms with van der Waals surface area (Å²) in [4.78, 5) is 43.8. The number of H-pyrrole nitrogens is 1. The summed E-state index contributed by atoms with van der Waals surface area (Å²) in [5, 5.41) is 0. The predicted octanol–water partition coefficient (Wildman–Crippen LogP) is 0.732. The van der Waals surface area contributed by atoms with Gasteiger partial charge in [-0.1, -0.05) is 27.7 Å². The zero-order valence-corrected chi connectivity index (χ0v) is 18.2. The monoisotopic (exact) mass is 409 g/mol. The van der Waals surface area contributed by atoms with Crippen LogP contribution in [0, 0.1) is 17.8 Å². The molecule has 0 aromatic carbocycles. The largest absolute Gasteiger partial charge is 0.383 e. The summed E-state index contributed by atoms with van der Waals surface area (Å²) in [5.41, 5.74) is 5.01. The number of rotatable bonds is 8. The van der Waals surface area contributed by atoms with Crippen LogP contribution >= 0.6 is 0 Å². The lowest BCUT2D eigenvalue weighted by Crippen LogP contribution is -2.49. The number of amides is 1. The number of hydrogen-bond donors (Lipinski definition) is 2. The van der Waals surface area contributed by atoms with Crippen molar-refractivity contribution in [2.45, 2.75) is 40.7 Å². The van der Waals surface area contributed by atoms with Gasteiger partial charge in [-0.05, 0) is 24.2 Å². The van der Waals surface area contributed by atoms with E-state index in [1.807, 2.05) is 13.8 Å². The summed E-state index contributed by atoms with van der Waals surface area (Å²) in [7, 11) is 1.53. The number of aromatic amines is 1. The quantitative estimate of drug-likeness (QED) is 0.654. The first-order chi connectivity index (χ1) is 13.6. The van der Waals surface area contributed by atoms with Crippen LogP contribution in [0.5, 0.6) is 0 Å². The summed E-state index contributed by atoms with van der Waals surface area (Å²) in [6.07, 6.45) is 1.14. The van der Waals surface area contributed by atoms with E-state index >= 15 is 0 Å². The first kappa shape index (κ1) is 23.2. The fourth-order valence-corrected chi connectivity index (χ4v) is 4.13. The first-order valence-corrected chi connectivity index (χ1v) is 10.3. The van der Waals surface area contributed by atoms with Crippen LogP contribution in [0.3, 0.4) is 0 Å². The number of piperidine rings is 1. The Balaban J connectivity index is 2.37. The summed E-state index contributed by atoms with van der Waals surface area (Å²) >= 11 is 0. The van der Waals surface area contributed by atoms with Gasteiger partial charge in [0.25, 0.3) is 5.56 Å². The molecule has 164 valence electrons. The number of carbonyl (C=O) groups excluding carboxylic acids is 1. The minimum atomic E-state index is -0.655. The molecular formula is C20H35N5O4. The van der Waals surface area contributed by atoms with E-state index < -0.39 is 11.2 Å². The molecule has 1 aromatic rings. The van der Waals surface area contributed by atoms with Crippen molar-refractivity contribution >= 4 is 17.4 Å². The van der Waals surface area contributed by atoms with E-state index in [1.165, 1.54) is 16.6 Å². The van der Waals surface area contributed by atoms with Crippen LogP contribution < -0.4 is 21.9 Å². The van der Waals surface area contributed by atoms with Crippen molar-refractivity contribution < 1.29 is 9.53 Å². The third-order valence-electron chi connectivity index (χ3n) is 5.16. The lowest BCUT2D eigenvalue weighted by atomic mass is 9.92. The highest BCUT2D eigenvalue weighted by Gasteiger charge is 2.28. The van der Waals surface area contributed by atoms with Gasteiger partial charge in [0.1, 0.15) is 5.82 Å². The first-order valence-electron chi connectivity index (χ1n) is 10.3. The van der Waals surface area contributed by atoms with Gasteiger partial charge in [0.2, 0.25) is 5.91 Å². The van der Waals surface area contributed by atoms with Crippen LogP contribution in [-0.4, -0.2) is 60.3 Å². The highest BCUT2D eigenvalue weighted by atomic mass is 16.5. The zero-order chi connectivity index (χ0) is 21.7. The molecule has 9 nitrogen and oxygen atoms in total. The van der Waals surface area contributed by atoms with Crippen LogP contribution in [0.25, 0.3) is 0 Å². The van der Waals surface area contributed by atoms with Gasteiger partial charge < -0.3 is 15.4 Å². The van der Waals surface area contributed by atoms with Crippen LogP contribution in [-0.2, 0) is 16.1 Å². The Bertz CT molecular complexity index is 806. The molecule has 2 unspecified atom stereocenters. The second-order valence-electron chi connectivity index (χ2n) is 8.68. The van der Waals surface area contributed by atoms with Crippen molar-refractivity contribution in [1.29, 1.82) is 0 Å². The molecule has 9 heteroatoms. The lowest BCUT2D eigenvalue weighted by molar-refractivity contribution is -0.120. The molecule has 3 N–H and O–H groups in total. The lowest BCUT2D eigenvalue weighted by Gasteiger charge is -2.35. The van der Waals surface area contributed by atoms with Gasteiger partial charge in [0.15, 0.2) is 5.69 Å². The number of nitrogens with one attached hydrogen (secondary N) is 1. The van der Waals surface area contributed by atoms with Crippen LogP contribution in [0.2, 0.25) is 0 Å². The summed E-state index contributed by atoms with van der Waals surface area (Å²) in [6.45, 7) is 10.9. The number of nitrogen functional groups attached to an aromatic ring is 1. The number of ether oxygens (including phenoxy) is 1. The van der Waals surface area contributed by atoms with E-state index in [0.717, 1.165) is 19.5 Å². The highest BCUT2D eigenvalue weighted by molar-refractivity contribution is 5.96. The SMILES string of the molecule is COCCN(C(=O)CN1CC(C)CC(C)C1)c1c(N)n(CC(C)C)c(=O)[nH]c1=O. The van der Waals surface area contributed by atoms with Crippen LogP contribution in [0.4, 0.5) is 11.5 Å². The molecule has 1 aliphatic heterocycles. The van der Waals surface area contributed by atoms with Gasteiger partial charge in [-0.15, -0.1) is 0 Å². The molecule has 0 aliphatic carbocycles. The predicted molar refractivity (Wildman–Crippen MR) is 114 cm³/mol. The molecule has 29 heavy (non-hydrogen) atoms. The summed E-state index contributed by atoms with van der Waals surface area (Å²) in [5.74, 6) is 0.960. The van der Waals surface area contributed by atoms with Gasteiger partial charge in [-0.25, -0.2) is 4.79 Å². The third-order valence-corrected chi connectivity index (χ3v) is 5.16. The molecule has 1 fully saturated rings. The Morgan fingerprint density at radius 2 is 1.90 bits per heavy atom. The number of nitrogens with zero attached hydrogens (tertiary/aromatic N) is 3. The van der Waals surface area contributed by atoms with Crippen molar-refractivity contribution in [2.75, 3.05) is 50.5 Å². The number of carbonyl (C=O) groups is 1. The van der Waals surface area contributed by atoms with E-state index in [4.69, 9.17) is 10.5 Å². The second-order valence-corrected chi connectivity index (χ2v) is 8.68. The Morgan fingerprint density at radius 3 is 2.45 bits per heavy atom. The second kappa shape index (κ2) is 10.1. The molecule has 0 radical (unpaired) electrons. The van der Waals surface area contributed by atoms with Gasteiger partial charge in [-0.2, -0.15) is 0 Å². The smallest absolute Gasteiger partial charge is 0.330 e. The van der Waals surface area contributed by atoms with Crippen molar-refractivity contribution in [2.24, 2.45) is 17.8 Å². The topological polar surface area (TPSA) is 114 Å². The molecule has 1 amide bonds. The molecule has 2 atom stereocenters. The molecule has 1 aromatic heterocycles. The Morgan fingerprint density at radius 1 is 1.28 bits per heavy atom. The zero-order valence-electron chi connectivity index (χ0n) is 18.2. The normalized spacial score (nSPS) is 20.2. The number of methoxy groups -OCH3 is 1. The van der Waals surface area contributed by atoms with Crippen molar-refractivity contribution in [3.05, 3.63) is 20.8 Å². The number of anilines is 2. The Hall–Kier alpha value is -2.13. The molecule has 1 aliphatic rings. The maximum absolute atomic E-state index is 13.2. The maximum atomic E-state index is 13.2. The van der Waals surface area contributed by atoms with Crippen molar-refractivity contribution in [1.82, 2.24) is 14.5 Å². The average molecular weight is 410 g/mol. The molecular weight excluding hydrogens is 374 g/mol. The van der Waals surface area contributed by atoms with Crippen molar-refractivity contribution in [3.63, 3.8) is 0 Å². The third kappa shape index (κ3) is 5.93. The van der Waals surface area contributed by atoms with E-state index in [9.17, 15) is 14.4 Å². The van der Waals surface area contributed by atoms with Crippen LogP contribution in [0.1, 0.15) is 34.1 Å². The molecule has 0 saturated carbocycles. The Labute approximate surface area is 171 Å². The maximum Gasteiger partial charge on any atom is 0.330 e. The van der Waals surface area contributed by atoms with E-state index in [2.05, 4.69) is 23.7 Å². The average Bonchev–Trinajstić information content (AvgIpc) is 2.60. The van der Waals surface area contributed by atoms with Gasteiger partial charge in [0.05, 0.1) is 13.2 Å². The highest BCUT2D eigenvalue weighted by Crippen LogP contribution is 2.22. The van der Waals surface area contributed by atoms with Gasteiger partial charge >= 0.3 is 5.69 Å². The van der Waals surface area contributed by atoms with Gasteiger partial charge in [-0.3, -0.25) is 24.0 Å². The van der Waals surface area contributed by atoms with E-state index in [1.54, 1.807) is 0 Å². The standard InChI is InChI=1S/C20H35N5O4/c1-13(2)9-25-18(21)17(19(27)22-20(25)28)24(6-7-29-5)16(26)12-23-10-14(3)8-15(4)11-23/h13-15H,6-12,21H2,1-5H3,(H,22,27,28). The Kier molecular flexibility index (Phi) is 8.04. The summed E-state index contributed by atoms with van der Waals surface area (Å²) in [6, 6.07) is 0. The number of likely N-dealkylation sites (tertiary alicyclic amines) is 1.